The molecule has 222 valence electrons. The molecule has 2 N–H and O–H groups in total. The summed E-state index contributed by atoms with van der Waals surface area (Å²) in [7, 11) is 0. The summed E-state index contributed by atoms with van der Waals surface area (Å²) in [6.45, 7) is 4.42. The number of hydrogen-bond acceptors (Lipinski definition) is 7. The zero-order valence-electron chi connectivity index (χ0n) is 24.6. The molecule has 2 aromatic heterocycles. The van der Waals surface area contributed by atoms with Crippen LogP contribution in [-0.2, 0) is 11.2 Å². The summed E-state index contributed by atoms with van der Waals surface area (Å²) in [6, 6.07) is 18.3. The van der Waals surface area contributed by atoms with Crippen molar-refractivity contribution in [1.29, 1.82) is 0 Å². The van der Waals surface area contributed by atoms with Gasteiger partial charge in [-0.05, 0) is 97.6 Å². The summed E-state index contributed by atoms with van der Waals surface area (Å²) in [4.78, 5) is 18.5. The first-order valence-corrected chi connectivity index (χ1v) is 17.3. The molecular formula is C35H37N3O3S2. The Labute approximate surface area is 260 Å². The van der Waals surface area contributed by atoms with Gasteiger partial charge in [0, 0.05) is 5.41 Å². The highest BCUT2D eigenvalue weighted by atomic mass is 32.2. The van der Waals surface area contributed by atoms with Crippen LogP contribution in [0.5, 0.6) is 0 Å². The van der Waals surface area contributed by atoms with E-state index in [-0.39, 0.29) is 34.7 Å². The molecule has 43 heavy (non-hydrogen) atoms. The van der Waals surface area contributed by atoms with Crippen LogP contribution in [0.15, 0.2) is 70.7 Å². The van der Waals surface area contributed by atoms with Gasteiger partial charge in [0.15, 0.2) is 10.1 Å². The molecule has 4 aliphatic carbocycles. The number of Topliss-reactive ketones (excluding diaryl/α,β-unsaturated/α-hetero) is 1. The minimum atomic E-state index is -1.43. The molecule has 0 aliphatic heterocycles. The number of aliphatic hydroxyl groups excluding tert-OH is 1. The van der Waals surface area contributed by atoms with E-state index in [1.165, 1.54) is 22.9 Å². The molecule has 0 amide bonds. The number of benzene rings is 2. The van der Waals surface area contributed by atoms with Gasteiger partial charge in [-0.2, -0.15) is 5.10 Å². The number of rotatable bonds is 5. The Kier molecular flexibility index (Phi) is 6.36. The van der Waals surface area contributed by atoms with E-state index in [9.17, 15) is 15.0 Å². The maximum atomic E-state index is 13.8. The van der Waals surface area contributed by atoms with Gasteiger partial charge in [-0.15, -0.1) is 11.3 Å². The molecule has 3 fully saturated rings. The Morgan fingerprint density at radius 2 is 1.91 bits per heavy atom. The lowest BCUT2D eigenvalue weighted by molar-refractivity contribution is -0.177. The minimum absolute atomic E-state index is 0.0911. The summed E-state index contributed by atoms with van der Waals surface area (Å²) >= 11 is 3.02. The monoisotopic (exact) mass is 611 g/mol. The van der Waals surface area contributed by atoms with E-state index >= 15 is 0 Å². The van der Waals surface area contributed by atoms with Crippen LogP contribution in [-0.4, -0.2) is 48.2 Å². The summed E-state index contributed by atoms with van der Waals surface area (Å²) in [5.41, 5.74) is 3.53. The number of aromatic nitrogens is 3. The fourth-order valence-electron chi connectivity index (χ4n) is 9.58. The van der Waals surface area contributed by atoms with E-state index in [4.69, 9.17) is 5.10 Å². The predicted octanol–water partition coefficient (Wildman–Crippen LogP) is 6.73. The van der Waals surface area contributed by atoms with E-state index < -0.39 is 17.1 Å². The maximum absolute atomic E-state index is 13.8. The van der Waals surface area contributed by atoms with Crippen molar-refractivity contribution in [3.05, 3.63) is 77.6 Å². The van der Waals surface area contributed by atoms with E-state index in [0.29, 0.717) is 12.8 Å². The van der Waals surface area contributed by atoms with Crippen LogP contribution in [0.2, 0.25) is 0 Å². The van der Waals surface area contributed by atoms with Gasteiger partial charge in [-0.25, -0.2) is 9.67 Å². The van der Waals surface area contributed by atoms with E-state index in [1.807, 2.05) is 53.3 Å². The average molecular weight is 612 g/mol. The first kappa shape index (κ1) is 27.7. The lowest BCUT2D eigenvalue weighted by atomic mass is 9.45. The van der Waals surface area contributed by atoms with Gasteiger partial charge in [-0.1, -0.05) is 61.5 Å². The molecule has 0 saturated heterocycles. The number of allylic oxidation sites excluding steroid dienone is 1. The van der Waals surface area contributed by atoms with Gasteiger partial charge in [-0.3, -0.25) is 4.79 Å². The molecule has 2 heterocycles. The van der Waals surface area contributed by atoms with Crippen LogP contribution >= 0.6 is 23.1 Å². The van der Waals surface area contributed by atoms with Crippen LogP contribution in [0, 0.1) is 28.6 Å². The fourth-order valence-corrected chi connectivity index (χ4v) is 11.6. The number of hydrogen-bond donors (Lipinski definition) is 2. The van der Waals surface area contributed by atoms with Crippen LogP contribution in [0.4, 0.5) is 0 Å². The molecule has 8 heteroatoms. The number of carbonyl (C=O) groups excluding carboxylic acids is 1. The smallest absolute Gasteiger partial charge is 0.175 e. The molecule has 0 radical (unpaired) electrons. The van der Waals surface area contributed by atoms with Gasteiger partial charge >= 0.3 is 0 Å². The number of thioether (sulfide) groups is 1. The lowest BCUT2D eigenvalue weighted by Gasteiger charge is -2.60. The molecule has 4 aliphatic rings. The first-order valence-electron chi connectivity index (χ1n) is 15.5. The Bertz CT molecular complexity index is 1730. The zero-order valence-corrected chi connectivity index (χ0v) is 26.2. The fraction of sp³-hybridized carbons (Fsp3) is 0.457. The van der Waals surface area contributed by atoms with Crippen molar-refractivity contribution in [2.45, 2.75) is 68.4 Å². The Morgan fingerprint density at radius 3 is 2.72 bits per heavy atom. The third-order valence-electron chi connectivity index (χ3n) is 11.6. The lowest BCUT2D eigenvalue weighted by Crippen LogP contribution is -2.62. The average Bonchev–Trinajstić information content (AvgIpc) is 3.68. The Hall–Kier alpha value is -2.78. The number of fused-ring (bicyclic) bond motifs is 7. The second-order valence-electron chi connectivity index (χ2n) is 13.6. The molecule has 0 spiro atoms. The number of carbonyl (C=O) groups is 1. The first-order chi connectivity index (χ1) is 20.7. The topological polar surface area (TPSA) is 88.2 Å². The number of para-hydroxylation sites is 2. The van der Waals surface area contributed by atoms with Crippen molar-refractivity contribution in [1.82, 2.24) is 14.8 Å². The van der Waals surface area contributed by atoms with Gasteiger partial charge in [0.1, 0.15) is 5.60 Å². The SMILES string of the molecule is CC12Cc3cnn(-c4ccccc4)c3C=C1CCC1C2C(O)CC2(C)C1CC[C@]2(O)C(=O)CSc1nc2ccccc2s1. The van der Waals surface area contributed by atoms with Crippen molar-refractivity contribution in [3.63, 3.8) is 0 Å². The molecule has 7 atom stereocenters. The summed E-state index contributed by atoms with van der Waals surface area (Å²) in [5, 5.41) is 28.9. The second-order valence-corrected chi connectivity index (χ2v) is 15.9. The molecular weight excluding hydrogens is 575 g/mol. The molecule has 3 saturated carbocycles. The Balaban J connectivity index is 1.05. The minimum Gasteiger partial charge on any atom is -0.393 e. The van der Waals surface area contributed by atoms with Crippen LogP contribution in [0.1, 0.15) is 57.2 Å². The van der Waals surface area contributed by atoms with Crippen molar-refractivity contribution in [2.75, 3.05) is 5.75 Å². The van der Waals surface area contributed by atoms with Crippen molar-refractivity contribution >= 4 is 45.2 Å². The van der Waals surface area contributed by atoms with Gasteiger partial charge < -0.3 is 10.2 Å². The van der Waals surface area contributed by atoms with Crippen LogP contribution in [0.3, 0.4) is 0 Å². The summed E-state index contributed by atoms with van der Waals surface area (Å²) in [6.07, 6.45) is 8.29. The van der Waals surface area contributed by atoms with Crippen molar-refractivity contribution < 1.29 is 15.0 Å². The molecule has 8 rings (SSSR count). The highest BCUT2D eigenvalue weighted by Crippen LogP contribution is 2.67. The van der Waals surface area contributed by atoms with E-state index in [0.717, 1.165) is 51.6 Å². The van der Waals surface area contributed by atoms with Gasteiger partial charge in [0.05, 0.1) is 39.7 Å². The van der Waals surface area contributed by atoms with Crippen molar-refractivity contribution in [3.8, 4) is 5.69 Å². The third kappa shape index (κ3) is 4.02. The van der Waals surface area contributed by atoms with Crippen LogP contribution in [0.25, 0.3) is 22.0 Å². The van der Waals surface area contributed by atoms with Crippen molar-refractivity contribution in [2.24, 2.45) is 28.6 Å². The quantitative estimate of drug-likeness (QED) is 0.244. The largest absolute Gasteiger partial charge is 0.393 e. The molecule has 6 nitrogen and oxygen atoms in total. The molecule has 6 unspecified atom stereocenters. The molecule has 4 aromatic rings. The number of thiazole rings is 1. The number of aliphatic hydroxyl groups is 2. The predicted molar refractivity (Wildman–Crippen MR) is 171 cm³/mol. The van der Waals surface area contributed by atoms with Gasteiger partial charge in [0.2, 0.25) is 0 Å². The second kappa shape index (κ2) is 9.86. The third-order valence-corrected chi connectivity index (χ3v) is 13.8. The number of ketones is 1. The zero-order chi connectivity index (χ0) is 29.6. The van der Waals surface area contributed by atoms with E-state index in [1.54, 1.807) is 11.3 Å². The maximum Gasteiger partial charge on any atom is 0.175 e. The Morgan fingerprint density at radius 1 is 1.12 bits per heavy atom. The number of nitrogens with zero attached hydrogens (tertiary/aromatic N) is 3. The standard InChI is InChI=1S/C35H37N3O3S2/c1-33-17-21-19-36-38(23-8-4-3-5-9-23)27(21)16-22(33)12-13-24-25-14-15-35(41,34(25,2)18-28(39)31(24)33)30(40)20-42-32-37-26-10-6-7-11-29(26)43-32/h3-11,16,19,24-25,28,31,39,41H,12-15,17-18,20H2,1-2H3/t24?,25?,28?,31?,33?,34?,35-/m0/s1. The van der Waals surface area contributed by atoms with Gasteiger partial charge in [0.25, 0.3) is 0 Å². The summed E-state index contributed by atoms with van der Waals surface area (Å²) < 4.78 is 4.00. The highest BCUT2D eigenvalue weighted by molar-refractivity contribution is 8.01. The summed E-state index contributed by atoms with van der Waals surface area (Å²) in [5.74, 6) is 0.634. The molecule has 2 aromatic carbocycles. The van der Waals surface area contributed by atoms with Crippen LogP contribution < -0.4 is 0 Å². The molecule has 0 bridgehead atoms. The normalized spacial score (nSPS) is 34.7. The highest BCUT2D eigenvalue weighted by Gasteiger charge is 2.68. The van der Waals surface area contributed by atoms with E-state index in [2.05, 4.69) is 37.0 Å².